The predicted octanol–water partition coefficient (Wildman–Crippen LogP) is 2.94. The molecule has 0 aromatic heterocycles. The average molecular weight is 194 g/mol. The molecule has 1 radical (unpaired) electrons. The first kappa shape index (κ1) is 10.0. The van der Waals surface area contributed by atoms with E-state index in [0.29, 0.717) is 5.41 Å². The Kier molecular flexibility index (Phi) is 2.80. The second kappa shape index (κ2) is 3.92. The van der Waals surface area contributed by atoms with Crippen LogP contribution in [0.1, 0.15) is 57.8 Å². The molecule has 0 heterocycles. The molecule has 1 amide bonds. The van der Waals surface area contributed by atoms with Crippen LogP contribution in [0, 0.1) is 11.3 Å². The summed E-state index contributed by atoms with van der Waals surface area (Å²) >= 11 is 0. The van der Waals surface area contributed by atoms with E-state index < -0.39 is 0 Å². The molecule has 2 rings (SSSR count). The van der Waals surface area contributed by atoms with Crippen LogP contribution in [0.2, 0.25) is 0 Å². The Labute approximate surface area is 86.2 Å². The smallest absolute Gasteiger partial charge is 0.241 e. The van der Waals surface area contributed by atoms with Gasteiger partial charge >= 0.3 is 0 Å². The van der Waals surface area contributed by atoms with Crippen molar-refractivity contribution in [2.75, 3.05) is 0 Å². The van der Waals surface area contributed by atoms with Crippen molar-refractivity contribution in [2.45, 2.75) is 57.8 Å². The van der Waals surface area contributed by atoms with Gasteiger partial charge in [0.2, 0.25) is 5.91 Å². The van der Waals surface area contributed by atoms with Crippen molar-refractivity contribution in [3.8, 4) is 0 Å². The number of rotatable bonds is 1. The van der Waals surface area contributed by atoms with Crippen LogP contribution in [0.5, 0.6) is 0 Å². The van der Waals surface area contributed by atoms with Gasteiger partial charge in [-0.3, -0.25) is 10.5 Å². The number of nitrogens with one attached hydrogen (secondary N) is 1. The summed E-state index contributed by atoms with van der Waals surface area (Å²) in [5.74, 6) is -0.252. The Bertz CT molecular complexity index is 208. The van der Waals surface area contributed by atoms with Crippen molar-refractivity contribution in [3.05, 3.63) is 0 Å². The lowest BCUT2D eigenvalue weighted by molar-refractivity contribution is -0.124. The Morgan fingerprint density at radius 1 is 1.00 bits per heavy atom. The lowest BCUT2D eigenvalue weighted by Crippen LogP contribution is -2.32. The summed E-state index contributed by atoms with van der Waals surface area (Å²) in [5, 5.41) is 0. The van der Waals surface area contributed by atoms with Gasteiger partial charge in [0.15, 0.2) is 0 Å². The molecule has 0 unspecified atom stereocenters. The molecule has 0 saturated heterocycles. The minimum atomic E-state index is -0.323. The number of carbonyl (C=O) groups is 1. The van der Waals surface area contributed by atoms with Crippen LogP contribution in [0.25, 0.3) is 0 Å². The third-order valence-electron chi connectivity index (χ3n) is 4.33. The summed E-state index contributed by atoms with van der Waals surface area (Å²) in [6, 6.07) is 0. The van der Waals surface area contributed by atoms with Crippen molar-refractivity contribution in [2.24, 2.45) is 11.3 Å². The van der Waals surface area contributed by atoms with Crippen LogP contribution < -0.4 is 5.73 Å². The Morgan fingerprint density at radius 3 is 2.07 bits per heavy atom. The van der Waals surface area contributed by atoms with E-state index in [1.165, 1.54) is 44.9 Å². The zero-order chi connectivity index (χ0) is 10.0. The molecule has 2 aliphatic carbocycles. The van der Waals surface area contributed by atoms with Crippen LogP contribution >= 0.6 is 0 Å². The van der Waals surface area contributed by atoms with E-state index in [4.69, 9.17) is 5.73 Å². The minimum absolute atomic E-state index is 0.0718. The second-order valence-corrected chi connectivity index (χ2v) is 5.20. The SMILES string of the molecule is [NH]C(=O)C1CCC2(CCCCC2)CC1. The van der Waals surface area contributed by atoms with Crippen LogP contribution in [-0.2, 0) is 4.79 Å². The minimum Gasteiger partial charge on any atom is -0.273 e. The summed E-state index contributed by atoms with van der Waals surface area (Å²) in [6.45, 7) is 0. The van der Waals surface area contributed by atoms with Gasteiger partial charge in [-0.25, -0.2) is 0 Å². The first-order valence-corrected chi connectivity index (χ1v) is 5.97. The average Bonchev–Trinajstić information content (AvgIpc) is 2.19. The molecule has 0 bridgehead atoms. The molecule has 1 spiro atoms. The molecule has 2 aliphatic rings. The van der Waals surface area contributed by atoms with Crippen molar-refractivity contribution < 1.29 is 4.79 Å². The third-order valence-corrected chi connectivity index (χ3v) is 4.33. The summed E-state index contributed by atoms with van der Waals surface area (Å²) in [5.41, 5.74) is 7.72. The molecule has 0 aliphatic heterocycles. The van der Waals surface area contributed by atoms with E-state index in [1.807, 2.05) is 0 Å². The summed E-state index contributed by atoms with van der Waals surface area (Å²) in [7, 11) is 0. The van der Waals surface area contributed by atoms with Gasteiger partial charge < -0.3 is 0 Å². The van der Waals surface area contributed by atoms with Crippen LogP contribution in [0.15, 0.2) is 0 Å². The standard InChI is InChI=1S/C12H20NO/c13-11(14)10-4-8-12(9-5-10)6-2-1-3-7-12/h10,13H,1-9H2. The molecule has 2 fully saturated rings. The van der Waals surface area contributed by atoms with Gasteiger partial charge in [-0.15, -0.1) is 0 Å². The van der Waals surface area contributed by atoms with E-state index in [2.05, 4.69) is 0 Å². The topological polar surface area (TPSA) is 40.9 Å². The molecule has 2 saturated carbocycles. The fourth-order valence-electron chi connectivity index (χ4n) is 3.29. The van der Waals surface area contributed by atoms with Crippen LogP contribution in [-0.4, -0.2) is 5.91 Å². The molecular weight excluding hydrogens is 174 g/mol. The lowest BCUT2D eigenvalue weighted by atomic mass is 9.63. The molecule has 1 N–H and O–H groups in total. The Morgan fingerprint density at radius 2 is 1.57 bits per heavy atom. The number of amides is 1. The molecule has 0 atom stereocenters. The van der Waals surface area contributed by atoms with Crippen LogP contribution in [0.4, 0.5) is 0 Å². The molecule has 0 aromatic carbocycles. The summed E-state index contributed by atoms with van der Waals surface area (Å²) in [4.78, 5) is 10.9. The van der Waals surface area contributed by atoms with Gasteiger partial charge in [-0.05, 0) is 43.9 Å². The fourth-order valence-corrected chi connectivity index (χ4v) is 3.29. The summed E-state index contributed by atoms with van der Waals surface area (Å²) < 4.78 is 0. The lowest BCUT2D eigenvalue weighted by Gasteiger charge is -2.42. The van der Waals surface area contributed by atoms with E-state index >= 15 is 0 Å². The maximum absolute atomic E-state index is 10.9. The molecular formula is C12H20NO. The van der Waals surface area contributed by atoms with Gasteiger partial charge in [-0.1, -0.05) is 19.3 Å². The summed E-state index contributed by atoms with van der Waals surface area (Å²) in [6.07, 6.45) is 11.3. The van der Waals surface area contributed by atoms with Crippen molar-refractivity contribution >= 4 is 5.91 Å². The largest absolute Gasteiger partial charge is 0.273 e. The van der Waals surface area contributed by atoms with E-state index in [-0.39, 0.29) is 11.8 Å². The Balaban J connectivity index is 1.90. The van der Waals surface area contributed by atoms with E-state index in [9.17, 15) is 4.79 Å². The molecule has 79 valence electrons. The van der Waals surface area contributed by atoms with Gasteiger partial charge in [0.25, 0.3) is 0 Å². The normalized spacial score (nSPS) is 27.7. The van der Waals surface area contributed by atoms with Gasteiger partial charge in [-0.2, -0.15) is 0 Å². The maximum Gasteiger partial charge on any atom is 0.241 e. The quantitative estimate of drug-likeness (QED) is 0.632. The van der Waals surface area contributed by atoms with Crippen molar-refractivity contribution in [1.82, 2.24) is 5.73 Å². The molecule has 2 nitrogen and oxygen atoms in total. The number of hydrogen-bond acceptors (Lipinski definition) is 1. The van der Waals surface area contributed by atoms with E-state index in [1.54, 1.807) is 0 Å². The zero-order valence-corrected chi connectivity index (χ0v) is 8.85. The molecule has 0 aromatic rings. The number of carbonyl (C=O) groups excluding carboxylic acids is 1. The van der Waals surface area contributed by atoms with Crippen LogP contribution in [0.3, 0.4) is 0 Å². The second-order valence-electron chi connectivity index (χ2n) is 5.20. The molecule has 2 heteroatoms. The first-order valence-electron chi connectivity index (χ1n) is 5.97. The fraction of sp³-hybridized carbons (Fsp3) is 0.917. The van der Waals surface area contributed by atoms with Gasteiger partial charge in [0, 0.05) is 5.92 Å². The van der Waals surface area contributed by atoms with Crippen molar-refractivity contribution in [3.63, 3.8) is 0 Å². The highest BCUT2D eigenvalue weighted by Gasteiger charge is 2.37. The zero-order valence-electron chi connectivity index (χ0n) is 8.85. The Hall–Kier alpha value is -0.530. The van der Waals surface area contributed by atoms with E-state index in [0.717, 1.165) is 12.8 Å². The molecule has 14 heavy (non-hydrogen) atoms. The maximum atomic E-state index is 10.9. The highest BCUT2D eigenvalue weighted by Crippen LogP contribution is 2.48. The van der Waals surface area contributed by atoms with Gasteiger partial charge in [0.05, 0.1) is 0 Å². The monoisotopic (exact) mass is 194 g/mol. The van der Waals surface area contributed by atoms with Gasteiger partial charge in [0.1, 0.15) is 0 Å². The highest BCUT2D eigenvalue weighted by atomic mass is 16.1. The number of hydrogen-bond donors (Lipinski definition) is 0. The third kappa shape index (κ3) is 1.94. The first-order chi connectivity index (χ1) is 6.72. The highest BCUT2D eigenvalue weighted by molar-refractivity contribution is 5.75. The predicted molar refractivity (Wildman–Crippen MR) is 55.6 cm³/mol. The van der Waals surface area contributed by atoms with Crippen molar-refractivity contribution in [1.29, 1.82) is 0 Å².